The van der Waals surface area contributed by atoms with Gasteiger partial charge in [0.1, 0.15) is 11.5 Å². The van der Waals surface area contributed by atoms with Crippen LogP contribution in [0.2, 0.25) is 0 Å². The van der Waals surface area contributed by atoms with Crippen molar-refractivity contribution in [2.75, 3.05) is 19.5 Å². The second-order valence-corrected chi connectivity index (χ2v) is 4.86. The third-order valence-electron chi connectivity index (χ3n) is 3.22. The lowest BCUT2D eigenvalue weighted by Gasteiger charge is -2.12. The minimum Gasteiger partial charge on any atom is -0.497 e. The Morgan fingerprint density at radius 3 is 2.41 bits per heavy atom. The Kier molecular flexibility index (Phi) is 5.25. The minimum atomic E-state index is -0.278. The highest BCUT2D eigenvalue weighted by Gasteiger charge is 2.07. The maximum atomic E-state index is 12.0. The van der Waals surface area contributed by atoms with Gasteiger partial charge in [0.05, 0.1) is 19.9 Å². The third-order valence-corrected chi connectivity index (χ3v) is 3.22. The number of carbonyl (C=O) groups excluding carboxylic acids is 1. The van der Waals surface area contributed by atoms with E-state index in [0.29, 0.717) is 18.0 Å². The molecule has 0 bridgehead atoms. The molecule has 2 rings (SSSR count). The fourth-order valence-corrected chi connectivity index (χ4v) is 2.01. The first kappa shape index (κ1) is 15.7. The summed E-state index contributed by atoms with van der Waals surface area (Å²) in [5.74, 6) is 1.42. The summed E-state index contributed by atoms with van der Waals surface area (Å²) < 4.78 is 10.3. The Morgan fingerprint density at radius 2 is 1.77 bits per heavy atom. The first-order valence-corrected chi connectivity index (χ1v) is 6.95. The summed E-state index contributed by atoms with van der Waals surface area (Å²) in [6, 6.07) is 12.9. The smallest absolute Gasteiger partial charge is 0.319 e. The number of benzene rings is 2. The van der Waals surface area contributed by atoms with E-state index in [-0.39, 0.29) is 6.03 Å². The number of hydrogen-bond donors (Lipinski definition) is 2. The van der Waals surface area contributed by atoms with E-state index in [1.165, 1.54) is 0 Å². The van der Waals surface area contributed by atoms with Crippen LogP contribution in [0.3, 0.4) is 0 Å². The van der Waals surface area contributed by atoms with Gasteiger partial charge in [0.15, 0.2) is 0 Å². The van der Waals surface area contributed by atoms with Crippen molar-refractivity contribution in [3.8, 4) is 11.5 Å². The highest BCUT2D eigenvalue weighted by atomic mass is 16.5. The van der Waals surface area contributed by atoms with Gasteiger partial charge in [-0.2, -0.15) is 0 Å². The summed E-state index contributed by atoms with van der Waals surface area (Å²) in [6.45, 7) is 2.39. The van der Waals surface area contributed by atoms with Crippen LogP contribution in [0.25, 0.3) is 0 Å². The maximum Gasteiger partial charge on any atom is 0.319 e. The quantitative estimate of drug-likeness (QED) is 0.890. The van der Waals surface area contributed by atoms with Crippen molar-refractivity contribution in [3.05, 3.63) is 53.6 Å². The van der Waals surface area contributed by atoms with Crippen molar-refractivity contribution in [1.29, 1.82) is 0 Å². The molecule has 0 saturated carbocycles. The summed E-state index contributed by atoms with van der Waals surface area (Å²) in [7, 11) is 3.20. The maximum absolute atomic E-state index is 12.0. The van der Waals surface area contributed by atoms with E-state index >= 15 is 0 Å². The monoisotopic (exact) mass is 300 g/mol. The van der Waals surface area contributed by atoms with E-state index in [1.807, 2.05) is 49.4 Å². The fourth-order valence-electron chi connectivity index (χ4n) is 2.01. The molecule has 2 aromatic carbocycles. The van der Waals surface area contributed by atoms with Gasteiger partial charge >= 0.3 is 6.03 Å². The van der Waals surface area contributed by atoms with Crippen molar-refractivity contribution in [2.24, 2.45) is 0 Å². The van der Waals surface area contributed by atoms with Gasteiger partial charge in [0, 0.05) is 6.54 Å². The third kappa shape index (κ3) is 4.15. The molecule has 22 heavy (non-hydrogen) atoms. The molecule has 116 valence electrons. The SMILES string of the molecule is COc1ccc(CNC(=O)Nc2cc(C)ccc2OC)cc1. The molecule has 0 heterocycles. The summed E-state index contributed by atoms with van der Waals surface area (Å²) in [4.78, 5) is 12.0. The highest BCUT2D eigenvalue weighted by Crippen LogP contribution is 2.25. The van der Waals surface area contributed by atoms with Gasteiger partial charge < -0.3 is 20.1 Å². The van der Waals surface area contributed by atoms with E-state index in [4.69, 9.17) is 9.47 Å². The zero-order valence-corrected chi connectivity index (χ0v) is 13.0. The van der Waals surface area contributed by atoms with Crippen molar-refractivity contribution < 1.29 is 14.3 Å². The molecule has 0 aromatic heterocycles. The number of rotatable bonds is 5. The number of carbonyl (C=O) groups is 1. The van der Waals surface area contributed by atoms with E-state index in [2.05, 4.69) is 10.6 Å². The molecule has 2 aromatic rings. The zero-order valence-electron chi connectivity index (χ0n) is 13.0. The first-order chi connectivity index (χ1) is 10.6. The predicted octanol–water partition coefficient (Wildman–Crippen LogP) is 3.33. The highest BCUT2D eigenvalue weighted by molar-refractivity contribution is 5.91. The van der Waals surface area contributed by atoms with E-state index in [0.717, 1.165) is 16.9 Å². The summed E-state index contributed by atoms with van der Waals surface area (Å²) >= 11 is 0. The molecule has 2 amide bonds. The number of amides is 2. The molecule has 0 saturated heterocycles. The number of aryl methyl sites for hydroxylation is 1. The lowest BCUT2D eigenvalue weighted by atomic mass is 10.2. The summed E-state index contributed by atoms with van der Waals surface area (Å²) in [5, 5.41) is 5.60. The average molecular weight is 300 g/mol. The van der Waals surface area contributed by atoms with Crippen molar-refractivity contribution >= 4 is 11.7 Å². The van der Waals surface area contributed by atoms with Gasteiger partial charge in [-0.3, -0.25) is 0 Å². The van der Waals surface area contributed by atoms with Crippen LogP contribution in [0, 0.1) is 6.92 Å². The largest absolute Gasteiger partial charge is 0.497 e. The Balaban J connectivity index is 1.94. The van der Waals surface area contributed by atoms with Gasteiger partial charge in [-0.1, -0.05) is 18.2 Å². The summed E-state index contributed by atoms with van der Waals surface area (Å²) in [6.07, 6.45) is 0. The van der Waals surface area contributed by atoms with Gasteiger partial charge in [0.25, 0.3) is 0 Å². The van der Waals surface area contributed by atoms with Gasteiger partial charge in [-0.15, -0.1) is 0 Å². The molecule has 0 aliphatic heterocycles. The lowest BCUT2D eigenvalue weighted by Crippen LogP contribution is -2.28. The van der Waals surface area contributed by atoms with E-state index in [1.54, 1.807) is 14.2 Å². The summed E-state index contributed by atoms with van der Waals surface area (Å²) in [5.41, 5.74) is 2.69. The number of ether oxygens (including phenoxy) is 2. The standard InChI is InChI=1S/C17H20N2O3/c1-12-4-9-16(22-3)15(10-12)19-17(20)18-11-13-5-7-14(21-2)8-6-13/h4-10H,11H2,1-3H3,(H2,18,19,20). The van der Waals surface area contributed by atoms with Crippen LogP contribution < -0.4 is 20.1 Å². The predicted molar refractivity (Wildman–Crippen MR) is 86.6 cm³/mol. The number of methoxy groups -OCH3 is 2. The van der Waals surface area contributed by atoms with Crippen molar-refractivity contribution in [2.45, 2.75) is 13.5 Å². The van der Waals surface area contributed by atoms with Crippen molar-refractivity contribution in [1.82, 2.24) is 5.32 Å². The average Bonchev–Trinajstić information content (AvgIpc) is 2.53. The normalized spacial score (nSPS) is 9.95. The molecule has 0 fully saturated rings. The topological polar surface area (TPSA) is 59.6 Å². The molecule has 0 radical (unpaired) electrons. The second-order valence-electron chi connectivity index (χ2n) is 4.86. The molecule has 0 aliphatic carbocycles. The van der Waals surface area contributed by atoms with Crippen LogP contribution in [0.4, 0.5) is 10.5 Å². The van der Waals surface area contributed by atoms with Crippen LogP contribution in [0.5, 0.6) is 11.5 Å². The lowest BCUT2D eigenvalue weighted by molar-refractivity contribution is 0.251. The first-order valence-electron chi connectivity index (χ1n) is 6.95. The van der Waals surface area contributed by atoms with Gasteiger partial charge in [-0.05, 0) is 42.3 Å². The minimum absolute atomic E-state index is 0.278. The molecule has 0 unspecified atom stereocenters. The van der Waals surface area contributed by atoms with Gasteiger partial charge in [0.2, 0.25) is 0 Å². The second kappa shape index (κ2) is 7.36. The Morgan fingerprint density at radius 1 is 1.05 bits per heavy atom. The van der Waals surface area contributed by atoms with E-state index < -0.39 is 0 Å². The number of urea groups is 1. The Hall–Kier alpha value is -2.69. The number of nitrogens with one attached hydrogen (secondary N) is 2. The van der Waals surface area contributed by atoms with Crippen LogP contribution >= 0.6 is 0 Å². The molecule has 2 N–H and O–H groups in total. The Bertz CT molecular complexity index is 639. The molecule has 5 heteroatoms. The fraction of sp³-hybridized carbons (Fsp3) is 0.235. The number of anilines is 1. The van der Waals surface area contributed by atoms with E-state index in [9.17, 15) is 4.79 Å². The van der Waals surface area contributed by atoms with Crippen LogP contribution in [-0.4, -0.2) is 20.3 Å². The molecule has 0 aliphatic rings. The van der Waals surface area contributed by atoms with Crippen LogP contribution in [-0.2, 0) is 6.54 Å². The van der Waals surface area contributed by atoms with Crippen molar-refractivity contribution in [3.63, 3.8) is 0 Å². The molecule has 0 atom stereocenters. The van der Waals surface area contributed by atoms with Crippen LogP contribution in [0.15, 0.2) is 42.5 Å². The Labute approximate surface area is 130 Å². The molecule has 0 spiro atoms. The zero-order chi connectivity index (χ0) is 15.9. The molecular weight excluding hydrogens is 280 g/mol. The molecular formula is C17H20N2O3. The van der Waals surface area contributed by atoms with Crippen LogP contribution in [0.1, 0.15) is 11.1 Å². The molecule has 5 nitrogen and oxygen atoms in total. The number of hydrogen-bond acceptors (Lipinski definition) is 3. The van der Waals surface area contributed by atoms with Gasteiger partial charge in [-0.25, -0.2) is 4.79 Å².